The van der Waals surface area contributed by atoms with E-state index in [1.807, 2.05) is 42.7 Å². The minimum Gasteiger partial charge on any atom is -0.294 e. The quantitative estimate of drug-likeness (QED) is 0.440. The van der Waals surface area contributed by atoms with Gasteiger partial charge >= 0.3 is 0 Å². The Morgan fingerprint density at radius 2 is 2.00 bits per heavy atom. The average molecular weight is 419 g/mol. The third kappa shape index (κ3) is 4.08. The molecule has 0 radical (unpaired) electrons. The van der Waals surface area contributed by atoms with Gasteiger partial charge in [-0.3, -0.25) is 9.88 Å². The van der Waals surface area contributed by atoms with Crippen LogP contribution in [0.1, 0.15) is 16.8 Å². The van der Waals surface area contributed by atoms with E-state index in [4.69, 9.17) is 16.6 Å². The number of nitrogens with zero attached hydrogens (tertiary/aromatic N) is 4. The van der Waals surface area contributed by atoms with Gasteiger partial charge < -0.3 is 0 Å². The fourth-order valence-corrected chi connectivity index (χ4v) is 4.48. The van der Waals surface area contributed by atoms with E-state index < -0.39 is 0 Å². The Morgan fingerprint density at radius 1 is 1.03 bits per heavy atom. The third-order valence-corrected chi connectivity index (χ3v) is 6.21. The zero-order valence-corrected chi connectivity index (χ0v) is 17.3. The average Bonchev–Trinajstić information content (AvgIpc) is 3.29. The van der Waals surface area contributed by atoms with Gasteiger partial charge in [0.1, 0.15) is 0 Å². The minimum atomic E-state index is 0.727. The zero-order valence-electron chi connectivity index (χ0n) is 15.8. The van der Waals surface area contributed by atoms with Crippen LogP contribution in [0.4, 0.5) is 0 Å². The zero-order chi connectivity index (χ0) is 19.6. The normalized spacial score (nSPS) is 14.0. The first kappa shape index (κ1) is 18.4. The van der Waals surface area contributed by atoms with Crippen molar-refractivity contribution in [2.45, 2.75) is 19.5 Å². The fraction of sp³-hybridized carbons (Fsp3) is 0.174. The van der Waals surface area contributed by atoms with Crippen LogP contribution in [-0.4, -0.2) is 26.4 Å². The molecule has 144 valence electrons. The summed E-state index contributed by atoms with van der Waals surface area (Å²) < 4.78 is 0. The predicted molar refractivity (Wildman–Crippen MR) is 118 cm³/mol. The maximum Gasteiger partial charge on any atom is 0.169 e. The van der Waals surface area contributed by atoms with E-state index >= 15 is 0 Å². The highest BCUT2D eigenvalue weighted by atomic mass is 35.5. The number of rotatable bonds is 4. The summed E-state index contributed by atoms with van der Waals surface area (Å²) in [5, 5.41) is 2.79. The number of halogens is 1. The second kappa shape index (κ2) is 8.03. The van der Waals surface area contributed by atoms with Crippen LogP contribution >= 0.6 is 22.9 Å². The van der Waals surface area contributed by atoms with E-state index in [0.717, 1.165) is 53.0 Å². The van der Waals surface area contributed by atoms with E-state index in [-0.39, 0.29) is 0 Å². The lowest BCUT2D eigenvalue weighted by atomic mass is 10.1. The van der Waals surface area contributed by atoms with Gasteiger partial charge in [-0.1, -0.05) is 35.9 Å². The van der Waals surface area contributed by atoms with Crippen molar-refractivity contribution in [2.24, 2.45) is 0 Å². The molecule has 0 N–H and O–H groups in total. The highest BCUT2D eigenvalue weighted by Gasteiger charge is 2.19. The van der Waals surface area contributed by atoms with Crippen molar-refractivity contribution in [1.29, 1.82) is 0 Å². The first-order valence-corrected chi connectivity index (χ1v) is 10.8. The van der Waals surface area contributed by atoms with Crippen molar-refractivity contribution in [2.75, 3.05) is 6.54 Å². The van der Waals surface area contributed by atoms with Gasteiger partial charge in [-0.05, 0) is 35.2 Å². The lowest BCUT2D eigenvalue weighted by molar-refractivity contribution is 0.242. The summed E-state index contributed by atoms with van der Waals surface area (Å²) in [6.45, 7) is 2.73. The molecule has 0 spiro atoms. The van der Waals surface area contributed by atoms with Crippen LogP contribution in [-0.2, 0) is 19.5 Å². The summed E-state index contributed by atoms with van der Waals surface area (Å²) in [6.07, 6.45) is 4.90. The van der Waals surface area contributed by atoms with Crippen molar-refractivity contribution in [1.82, 2.24) is 19.9 Å². The van der Waals surface area contributed by atoms with Gasteiger partial charge in [0.2, 0.25) is 0 Å². The molecule has 0 bridgehead atoms. The summed E-state index contributed by atoms with van der Waals surface area (Å²) in [6, 6.07) is 16.1. The van der Waals surface area contributed by atoms with Gasteiger partial charge in [-0.15, -0.1) is 11.3 Å². The fourth-order valence-electron chi connectivity index (χ4n) is 3.63. The monoisotopic (exact) mass is 418 g/mol. The molecule has 0 unspecified atom stereocenters. The number of hydrogen-bond donors (Lipinski definition) is 0. The van der Waals surface area contributed by atoms with E-state index in [0.29, 0.717) is 0 Å². The Hall–Kier alpha value is -2.60. The van der Waals surface area contributed by atoms with Gasteiger partial charge in [0.15, 0.2) is 5.82 Å². The molecule has 0 atom stereocenters. The molecule has 1 aliphatic heterocycles. The molecule has 3 aromatic heterocycles. The van der Waals surface area contributed by atoms with Crippen LogP contribution in [0.15, 0.2) is 66.3 Å². The topological polar surface area (TPSA) is 41.9 Å². The van der Waals surface area contributed by atoms with Crippen molar-refractivity contribution >= 4 is 22.9 Å². The number of fused-ring (bicyclic) bond motifs is 1. The van der Waals surface area contributed by atoms with Crippen molar-refractivity contribution in [3.8, 4) is 22.0 Å². The number of aromatic nitrogens is 3. The van der Waals surface area contributed by atoms with Gasteiger partial charge in [0, 0.05) is 54.6 Å². The van der Waals surface area contributed by atoms with Gasteiger partial charge in [-0.2, -0.15) is 0 Å². The molecular formula is C23H19ClN4S. The van der Waals surface area contributed by atoms with E-state index in [1.54, 1.807) is 11.3 Å². The Labute approximate surface area is 178 Å². The molecule has 6 heteroatoms. The lowest BCUT2D eigenvalue weighted by Gasteiger charge is -2.28. The van der Waals surface area contributed by atoms with Gasteiger partial charge in [0.25, 0.3) is 0 Å². The van der Waals surface area contributed by atoms with Crippen LogP contribution in [0.3, 0.4) is 0 Å². The molecule has 1 aromatic carbocycles. The number of hydrogen-bond acceptors (Lipinski definition) is 5. The van der Waals surface area contributed by atoms with Crippen molar-refractivity contribution in [3.63, 3.8) is 0 Å². The second-order valence-corrected chi connectivity index (χ2v) is 8.55. The lowest BCUT2D eigenvalue weighted by Crippen LogP contribution is -2.31. The Morgan fingerprint density at radius 3 is 2.79 bits per heavy atom. The second-order valence-electron chi connectivity index (χ2n) is 7.17. The largest absolute Gasteiger partial charge is 0.294 e. The number of pyridine rings is 1. The highest BCUT2D eigenvalue weighted by Crippen LogP contribution is 2.25. The summed E-state index contributed by atoms with van der Waals surface area (Å²) in [5.74, 6) is 0.841. The highest BCUT2D eigenvalue weighted by molar-refractivity contribution is 7.13. The van der Waals surface area contributed by atoms with Crippen LogP contribution < -0.4 is 0 Å². The molecule has 0 saturated carbocycles. The molecule has 4 nitrogen and oxygen atoms in total. The van der Waals surface area contributed by atoms with Crippen LogP contribution in [0.2, 0.25) is 5.02 Å². The van der Waals surface area contributed by atoms with Gasteiger partial charge in [0.05, 0.1) is 16.3 Å². The molecule has 5 rings (SSSR count). The summed E-state index contributed by atoms with van der Waals surface area (Å²) >= 11 is 7.77. The molecule has 0 aliphatic carbocycles. The first-order chi connectivity index (χ1) is 14.2. The van der Waals surface area contributed by atoms with E-state index in [1.165, 1.54) is 16.8 Å². The standard InChI is InChI=1S/C23H19ClN4S/c24-19-4-1-3-17(11-19)20-7-6-16(12-25-20)14-28-9-8-21-18(15-28)13-26-23(27-21)22-5-2-10-29-22/h1-7,10-13H,8-9,14-15H2. The van der Waals surface area contributed by atoms with E-state index in [2.05, 4.69) is 38.4 Å². The maximum absolute atomic E-state index is 6.09. The summed E-state index contributed by atoms with van der Waals surface area (Å²) in [7, 11) is 0. The first-order valence-electron chi connectivity index (χ1n) is 9.56. The Bertz CT molecular complexity index is 1130. The molecule has 0 fully saturated rings. The van der Waals surface area contributed by atoms with Crippen LogP contribution in [0.25, 0.3) is 22.0 Å². The van der Waals surface area contributed by atoms with Crippen LogP contribution in [0, 0.1) is 0 Å². The molecular weight excluding hydrogens is 400 g/mol. The van der Waals surface area contributed by atoms with Crippen LogP contribution in [0.5, 0.6) is 0 Å². The van der Waals surface area contributed by atoms with Crippen molar-refractivity contribution in [3.05, 3.63) is 88.1 Å². The number of thiophene rings is 1. The van der Waals surface area contributed by atoms with Gasteiger partial charge in [-0.25, -0.2) is 9.97 Å². The molecule has 4 aromatic rings. The molecule has 0 amide bonds. The predicted octanol–water partition coefficient (Wildman–Crippen LogP) is 5.48. The minimum absolute atomic E-state index is 0.727. The molecule has 29 heavy (non-hydrogen) atoms. The van der Waals surface area contributed by atoms with Crippen molar-refractivity contribution < 1.29 is 0 Å². The maximum atomic E-state index is 6.09. The molecule has 4 heterocycles. The van der Waals surface area contributed by atoms with E-state index in [9.17, 15) is 0 Å². The smallest absolute Gasteiger partial charge is 0.169 e. The third-order valence-electron chi connectivity index (χ3n) is 5.11. The summed E-state index contributed by atoms with van der Waals surface area (Å²) in [5.41, 5.74) is 5.58. The summed E-state index contributed by atoms with van der Waals surface area (Å²) in [4.78, 5) is 17.6. The number of benzene rings is 1. The molecule has 1 aliphatic rings. The Kier molecular flexibility index (Phi) is 5.10. The Balaban J connectivity index is 1.28. The molecule has 0 saturated heterocycles. The SMILES string of the molecule is Clc1cccc(-c2ccc(CN3CCc4nc(-c5cccs5)ncc4C3)cn2)c1.